The molecule has 0 saturated carbocycles. The molecule has 0 aliphatic carbocycles. The summed E-state index contributed by atoms with van der Waals surface area (Å²) < 4.78 is 1.90. The smallest absolute Gasteiger partial charge is 0.271 e. The molecule has 23 heavy (non-hydrogen) atoms. The van der Waals surface area contributed by atoms with E-state index in [-0.39, 0.29) is 5.91 Å². The first kappa shape index (κ1) is 15.1. The molecule has 0 bridgehead atoms. The van der Waals surface area contributed by atoms with Crippen LogP contribution in [-0.2, 0) is 6.54 Å². The molecule has 0 radical (unpaired) electrons. The number of nitrogens with one attached hydrogen (secondary N) is 1. The zero-order valence-electron chi connectivity index (χ0n) is 12.9. The number of nitrogens with zero attached hydrogens (tertiary/aromatic N) is 4. The summed E-state index contributed by atoms with van der Waals surface area (Å²) in [6, 6.07) is 10.0. The summed E-state index contributed by atoms with van der Waals surface area (Å²) in [6.45, 7) is 2.78. The first-order valence-electron chi connectivity index (χ1n) is 7.73. The zero-order valence-corrected chi connectivity index (χ0v) is 12.9. The molecule has 0 spiro atoms. The fraction of sp³-hybridized carbons (Fsp3) is 0.353. The predicted octanol–water partition coefficient (Wildman–Crippen LogP) is 1.46. The third-order valence-corrected chi connectivity index (χ3v) is 4.05. The Morgan fingerprint density at radius 3 is 2.96 bits per heavy atom. The number of carbonyl (C=O) groups is 1. The summed E-state index contributed by atoms with van der Waals surface area (Å²) >= 11 is 0. The summed E-state index contributed by atoms with van der Waals surface area (Å²) in [5, 5.41) is 11.8. The van der Waals surface area contributed by atoms with Gasteiger partial charge in [-0.15, -0.1) is 0 Å². The number of nitriles is 1. The van der Waals surface area contributed by atoms with Gasteiger partial charge >= 0.3 is 0 Å². The van der Waals surface area contributed by atoms with Crippen LogP contribution in [0.4, 0.5) is 0 Å². The first-order chi connectivity index (χ1) is 11.2. The molecule has 1 atom stereocenters. The Kier molecular flexibility index (Phi) is 4.57. The van der Waals surface area contributed by atoms with Gasteiger partial charge < -0.3 is 14.8 Å². The van der Waals surface area contributed by atoms with Crippen LogP contribution in [-0.4, -0.2) is 40.0 Å². The van der Waals surface area contributed by atoms with E-state index in [4.69, 9.17) is 5.26 Å². The van der Waals surface area contributed by atoms with Crippen molar-refractivity contribution < 1.29 is 4.79 Å². The normalized spacial score (nSPS) is 17.0. The van der Waals surface area contributed by atoms with Crippen LogP contribution in [0.1, 0.15) is 22.5 Å². The molecule has 1 aromatic carbocycles. The Labute approximate surface area is 135 Å². The molecule has 1 aromatic heterocycles. The van der Waals surface area contributed by atoms with Crippen molar-refractivity contribution in [2.75, 3.05) is 19.6 Å². The maximum atomic E-state index is 12.2. The number of amides is 1. The molecule has 1 N–H and O–H groups in total. The molecular formula is C17H19N5O. The summed E-state index contributed by atoms with van der Waals surface area (Å²) in [5.41, 5.74) is 1.59. The molecule has 6 heteroatoms. The van der Waals surface area contributed by atoms with Gasteiger partial charge in [0.2, 0.25) is 0 Å². The standard InChI is InChI=1S/C17H19N5O/c18-12-21-7-6-15(10-21)8-19-17(23)16-11-22(13-20-16)9-14-4-2-1-3-5-14/h1-5,11,13,15H,6-10H2,(H,19,23)/t15-/m1/s1. The maximum absolute atomic E-state index is 12.2. The summed E-state index contributed by atoms with van der Waals surface area (Å²) in [6.07, 6.45) is 6.52. The quantitative estimate of drug-likeness (QED) is 0.849. The van der Waals surface area contributed by atoms with Crippen LogP contribution in [0.15, 0.2) is 42.9 Å². The highest BCUT2D eigenvalue weighted by Gasteiger charge is 2.22. The van der Waals surface area contributed by atoms with E-state index in [0.717, 1.165) is 19.5 Å². The van der Waals surface area contributed by atoms with E-state index >= 15 is 0 Å². The van der Waals surface area contributed by atoms with Crippen molar-refractivity contribution in [1.29, 1.82) is 5.26 Å². The van der Waals surface area contributed by atoms with Crippen LogP contribution in [0, 0.1) is 17.4 Å². The van der Waals surface area contributed by atoms with Crippen LogP contribution in [0.2, 0.25) is 0 Å². The Balaban J connectivity index is 1.51. The SMILES string of the molecule is N#CN1CC[C@H](CNC(=O)c2cn(Cc3ccccc3)cn2)C1. The highest BCUT2D eigenvalue weighted by Crippen LogP contribution is 2.14. The Morgan fingerprint density at radius 2 is 2.22 bits per heavy atom. The summed E-state index contributed by atoms with van der Waals surface area (Å²) in [5.74, 6) is 0.178. The summed E-state index contributed by atoms with van der Waals surface area (Å²) in [4.78, 5) is 18.1. The molecule has 3 rings (SSSR count). The lowest BCUT2D eigenvalue weighted by molar-refractivity contribution is 0.0943. The average molecular weight is 309 g/mol. The highest BCUT2D eigenvalue weighted by molar-refractivity contribution is 5.92. The number of benzene rings is 1. The molecule has 0 unspecified atom stereocenters. The van der Waals surface area contributed by atoms with Gasteiger partial charge in [-0.3, -0.25) is 4.79 Å². The third-order valence-electron chi connectivity index (χ3n) is 4.05. The minimum Gasteiger partial charge on any atom is -0.350 e. The van der Waals surface area contributed by atoms with Crippen molar-refractivity contribution in [1.82, 2.24) is 19.8 Å². The van der Waals surface area contributed by atoms with Gasteiger partial charge in [-0.2, -0.15) is 5.26 Å². The fourth-order valence-electron chi connectivity index (χ4n) is 2.78. The molecule has 6 nitrogen and oxygen atoms in total. The maximum Gasteiger partial charge on any atom is 0.271 e. The van der Waals surface area contributed by atoms with Crippen LogP contribution < -0.4 is 5.32 Å². The minimum absolute atomic E-state index is 0.160. The van der Waals surface area contributed by atoms with Gasteiger partial charge in [0, 0.05) is 32.4 Å². The van der Waals surface area contributed by atoms with Gasteiger partial charge in [0.15, 0.2) is 6.19 Å². The van der Waals surface area contributed by atoms with Crippen LogP contribution in [0.25, 0.3) is 0 Å². The second kappa shape index (κ2) is 6.97. The number of likely N-dealkylation sites (tertiary alicyclic amines) is 1. The molecule has 2 heterocycles. The number of hydrogen-bond donors (Lipinski definition) is 1. The van der Waals surface area contributed by atoms with Gasteiger partial charge in [0.25, 0.3) is 5.91 Å². The topological polar surface area (TPSA) is 74.0 Å². The van der Waals surface area contributed by atoms with Crippen molar-refractivity contribution >= 4 is 5.91 Å². The van der Waals surface area contributed by atoms with E-state index in [9.17, 15) is 4.79 Å². The van der Waals surface area contributed by atoms with Crippen LogP contribution >= 0.6 is 0 Å². The lowest BCUT2D eigenvalue weighted by Crippen LogP contribution is -2.30. The monoisotopic (exact) mass is 309 g/mol. The van der Waals surface area contributed by atoms with E-state index in [2.05, 4.69) is 16.5 Å². The molecule has 1 fully saturated rings. The van der Waals surface area contributed by atoms with E-state index in [1.165, 1.54) is 5.56 Å². The minimum atomic E-state index is -0.160. The molecule has 1 saturated heterocycles. The highest BCUT2D eigenvalue weighted by atomic mass is 16.1. The molecule has 2 aromatic rings. The van der Waals surface area contributed by atoms with Crippen molar-refractivity contribution in [2.24, 2.45) is 5.92 Å². The van der Waals surface area contributed by atoms with Gasteiger partial charge in [-0.1, -0.05) is 30.3 Å². The van der Waals surface area contributed by atoms with Crippen molar-refractivity contribution in [2.45, 2.75) is 13.0 Å². The second-order valence-corrected chi connectivity index (χ2v) is 5.83. The molecule has 1 amide bonds. The van der Waals surface area contributed by atoms with Crippen molar-refractivity contribution in [3.8, 4) is 6.19 Å². The number of hydrogen-bond acceptors (Lipinski definition) is 4. The van der Waals surface area contributed by atoms with E-state index in [1.807, 2.05) is 34.9 Å². The number of carbonyl (C=O) groups excluding carboxylic acids is 1. The van der Waals surface area contributed by atoms with E-state index in [1.54, 1.807) is 17.4 Å². The number of rotatable bonds is 5. The second-order valence-electron chi connectivity index (χ2n) is 5.83. The van der Waals surface area contributed by atoms with E-state index in [0.29, 0.717) is 24.7 Å². The van der Waals surface area contributed by atoms with Gasteiger partial charge in [0.05, 0.1) is 6.33 Å². The van der Waals surface area contributed by atoms with Gasteiger partial charge in [0.1, 0.15) is 5.69 Å². The Hall–Kier alpha value is -2.81. The molecule has 1 aliphatic heterocycles. The predicted molar refractivity (Wildman–Crippen MR) is 85.4 cm³/mol. The Bertz CT molecular complexity index is 703. The lowest BCUT2D eigenvalue weighted by Gasteiger charge is -2.10. The lowest BCUT2D eigenvalue weighted by atomic mass is 10.1. The largest absolute Gasteiger partial charge is 0.350 e. The molecule has 1 aliphatic rings. The van der Waals surface area contributed by atoms with Crippen molar-refractivity contribution in [3.63, 3.8) is 0 Å². The third kappa shape index (κ3) is 3.89. The fourth-order valence-corrected chi connectivity index (χ4v) is 2.78. The van der Waals surface area contributed by atoms with Crippen molar-refractivity contribution in [3.05, 3.63) is 54.1 Å². The van der Waals surface area contributed by atoms with Crippen LogP contribution in [0.5, 0.6) is 0 Å². The zero-order chi connectivity index (χ0) is 16.1. The van der Waals surface area contributed by atoms with Crippen LogP contribution in [0.3, 0.4) is 0 Å². The average Bonchev–Trinajstić information content (AvgIpc) is 3.23. The Morgan fingerprint density at radius 1 is 1.39 bits per heavy atom. The molecule has 118 valence electrons. The first-order valence-corrected chi connectivity index (χ1v) is 7.73. The number of imidazole rings is 1. The summed E-state index contributed by atoms with van der Waals surface area (Å²) in [7, 11) is 0. The number of aromatic nitrogens is 2. The van der Waals surface area contributed by atoms with E-state index < -0.39 is 0 Å². The molecular weight excluding hydrogens is 290 g/mol. The van der Waals surface area contributed by atoms with Gasteiger partial charge in [-0.25, -0.2) is 4.98 Å². The van der Waals surface area contributed by atoms with Gasteiger partial charge in [-0.05, 0) is 17.9 Å².